The third-order valence-electron chi connectivity index (χ3n) is 8.10. The molecule has 232 valence electrons. The number of hydrogen-bond donors (Lipinski definition) is 0. The first-order valence-corrected chi connectivity index (χ1v) is 15.5. The van der Waals surface area contributed by atoms with Crippen molar-refractivity contribution >= 4 is 11.4 Å². The summed E-state index contributed by atoms with van der Waals surface area (Å²) in [6.07, 6.45) is 1.88. The van der Waals surface area contributed by atoms with Gasteiger partial charge in [0, 0.05) is 76.5 Å². The molecular formula is C34H47N5O4. The van der Waals surface area contributed by atoms with Gasteiger partial charge in [0.1, 0.15) is 5.75 Å². The molecule has 0 amide bonds. The summed E-state index contributed by atoms with van der Waals surface area (Å²) in [5.74, 6) is 0.866. The molecule has 0 radical (unpaired) electrons. The highest BCUT2D eigenvalue weighted by atomic mass is 16.5. The van der Waals surface area contributed by atoms with Gasteiger partial charge in [-0.1, -0.05) is 24.3 Å². The standard InChI is InChI=1S/C34H47N5O4/c1-36-11-13-38(14-12-36)32-7-3-5-29(23-32)26-39(27-30-6-4-8-34(24-30)40-2)33-9-10-35-31(25-33)28-43-22-21-42-20-17-37-15-18-41-19-16-37/h3-10,23-25H,11-22,26-28H2,1-2H3. The Balaban J connectivity index is 1.20. The first kappa shape index (κ1) is 31.2. The Hall–Kier alpha value is -3.21. The number of anilines is 2. The van der Waals surface area contributed by atoms with Gasteiger partial charge in [-0.15, -0.1) is 0 Å². The summed E-state index contributed by atoms with van der Waals surface area (Å²) in [5.41, 5.74) is 5.79. The first-order valence-electron chi connectivity index (χ1n) is 15.5. The molecule has 0 unspecified atom stereocenters. The SMILES string of the molecule is COc1cccc(CN(Cc2cccc(N3CCN(C)CC3)c2)c2ccnc(COCCOCCN3CCOCC3)c2)c1. The van der Waals surface area contributed by atoms with Gasteiger partial charge in [0.05, 0.1) is 52.4 Å². The molecule has 43 heavy (non-hydrogen) atoms. The summed E-state index contributed by atoms with van der Waals surface area (Å²) >= 11 is 0. The van der Waals surface area contributed by atoms with Crippen LogP contribution in [0.25, 0.3) is 0 Å². The van der Waals surface area contributed by atoms with Gasteiger partial charge in [-0.05, 0) is 54.6 Å². The van der Waals surface area contributed by atoms with Crippen LogP contribution in [0.1, 0.15) is 16.8 Å². The van der Waals surface area contributed by atoms with Gasteiger partial charge in [0.2, 0.25) is 0 Å². The Labute approximate surface area is 256 Å². The average molecular weight is 590 g/mol. The van der Waals surface area contributed by atoms with Crippen LogP contribution in [-0.4, -0.2) is 108 Å². The van der Waals surface area contributed by atoms with E-state index in [4.69, 9.17) is 18.9 Å². The van der Waals surface area contributed by atoms with Crippen LogP contribution in [0.2, 0.25) is 0 Å². The van der Waals surface area contributed by atoms with Crippen LogP contribution >= 0.6 is 0 Å². The van der Waals surface area contributed by atoms with Crippen LogP contribution in [0.5, 0.6) is 5.75 Å². The quantitative estimate of drug-likeness (QED) is 0.246. The minimum Gasteiger partial charge on any atom is -0.497 e. The second-order valence-electron chi connectivity index (χ2n) is 11.3. The summed E-state index contributed by atoms with van der Waals surface area (Å²) in [6.45, 7) is 12.6. The molecule has 2 aliphatic heterocycles. The zero-order chi connectivity index (χ0) is 29.7. The van der Waals surface area contributed by atoms with E-state index in [1.54, 1.807) is 7.11 Å². The fraction of sp³-hybridized carbons (Fsp3) is 0.500. The topological polar surface area (TPSA) is 62.8 Å². The molecule has 9 nitrogen and oxygen atoms in total. The van der Waals surface area contributed by atoms with E-state index in [0.717, 1.165) is 89.2 Å². The number of likely N-dealkylation sites (N-methyl/N-ethyl adjacent to an activating group) is 1. The van der Waals surface area contributed by atoms with Gasteiger partial charge >= 0.3 is 0 Å². The van der Waals surface area contributed by atoms with Gasteiger partial charge in [-0.3, -0.25) is 9.88 Å². The Morgan fingerprint density at radius 2 is 1.56 bits per heavy atom. The number of benzene rings is 2. The molecule has 0 aliphatic carbocycles. The number of aromatic nitrogens is 1. The number of morpholine rings is 1. The number of pyridine rings is 1. The average Bonchev–Trinajstić information content (AvgIpc) is 3.05. The lowest BCUT2D eigenvalue weighted by Gasteiger charge is -2.34. The summed E-state index contributed by atoms with van der Waals surface area (Å²) in [6, 6.07) is 21.5. The fourth-order valence-electron chi connectivity index (χ4n) is 5.52. The van der Waals surface area contributed by atoms with Crippen molar-refractivity contribution in [2.75, 3.05) is 103 Å². The van der Waals surface area contributed by atoms with E-state index < -0.39 is 0 Å². The van der Waals surface area contributed by atoms with E-state index >= 15 is 0 Å². The van der Waals surface area contributed by atoms with Crippen molar-refractivity contribution in [2.45, 2.75) is 19.7 Å². The molecule has 0 bridgehead atoms. The summed E-state index contributed by atoms with van der Waals surface area (Å²) in [4.78, 5) is 14.3. The van der Waals surface area contributed by atoms with E-state index in [2.05, 4.69) is 86.2 Å². The monoisotopic (exact) mass is 589 g/mol. The van der Waals surface area contributed by atoms with Gasteiger partial charge in [0.15, 0.2) is 0 Å². The maximum atomic E-state index is 5.94. The molecule has 2 aliphatic rings. The Morgan fingerprint density at radius 1 is 0.814 bits per heavy atom. The number of nitrogens with zero attached hydrogens (tertiary/aromatic N) is 5. The predicted molar refractivity (Wildman–Crippen MR) is 171 cm³/mol. The molecule has 0 saturated carbocycles. The molecule has 2 fully saturated rings. The van der Waals surface area contributed by atoms with Gasteiger partial charge < -0.3 is 33.6 Å². The minimum atomic E-state index is 0.451. The number of rotatable bonds is 15. The van der Waals surface area contributed by atoms with Crippen LogP contribution in [0.4, 0.5) is 11.4 Å². The zero-order valence-electron chi connectivity index (χ0n) is 25.8. The zero-order valence-corrected chi connectivity index (χ0v) is 25.8. The molecule has 2 saturated heterocycles. The lowest BCUT2D eigenvalue weighted by atomic mass is 10.1. The number of methoxy groups -OCH3 is 1. The summed E-state index contributed by atoms with van der Waals surface area (Å²) in [5, 5.41) is 0. The van der Waals surface area contributed by atoms with Crippen LogP contribution in [0.3, 0.4) is 0 Å². The molecule has 5 rings (SSSR count). The largest absolute Gasteiger partial charge is 0.497 e. The molecule has 3 aromatic rings. The molecular weight excluding hydrogens is 542 g/mol. The molecule has 0 N–H and O–H groups in total. The highest BCUT2D eigenvalue weighted by molar-refractivity contribution is 5.52. The lowest BCUT2D eigenvalue weighted by molar-refractivity contribution is 0.00553. The Bertz CT molecular complexity index is 1250. The summed E-state index contributed by atoms with van der Waals surface area (Å²) in [7, 11) is 3.91. The molecule has 3 heterocycles. The van der Waals surface area contributed by atoms with Crippen molar-refractivity contribution in [3.05, 3.63) is 83.7 Å². The van der Waals surface area contributed by atoms with Crippen molar-refractivity contribution in [1.29, 1.82) is 0 Å². The highest BCUT2D eigenvalue weighted by Crippen LogP contribution is 2.25. The number of piperazine rings is 1. The second kappa shape index (κ2) is 16.6. The van der Waals surface area contributed by atoms with E-state index in [9.17, 15) is 0 Å². The first-order chi connectivity index (χ1) is 21.2. The van der Waals surface area contributed by atoms with E-state index in [1.165, 1.54) is 16.8 Å². The van der Waals surface area contributed by atoms with Crippen LogP contribution in [0, 0.1) is 0 Å². The second-order valence-corrected chi connectivity index (χ2v) is 11.3. The van der Waals surface area contributed by atoms with E-state index in [0.29, 0.717) is 26.4 Å². The predicted octanol–water partition coefficient (Wildman–Crippen LogP) is 3.91. The third kappa shape index (κ3) is 9.91. The highest BCUT2D eigenvalue weighted by Gasteiger charge is 2.16. The summed E-state index contributed by atoms with van der Waals surface area (Å²) < 4.78 is 22.6. The van der Waals surface area contributed by atoms with Crippen molar-refractivity contribution in [3.63, 3.8) is 0 Å². The van der Waals surface area contributed by atoms with Crippen molar-refractivity contribution < 1.29 is 18.9 Å². The van der Waals surface area contributed by atoms with Gasteiger partial charge in [-0.2, -0.15) is 0 Å². The smallest absolute Gasteiger partial charge is 0.119 e. The maximum absolute atomic E-state index is 5.94. The molecule has 2 aromatic carbocycles. The third-order valence-corrected chi connectivity index (χ3v) is 8.10. The number of ether oxygens (including phenoxy) is 4. The number of hydrogen-bond acceptors (Lipinski definition) is 9. The van der Waals surface area contributed by atoms with E-state index in [-0.39, 0.29) is 0 Å². The lowest BCUT2D eigenvalue weighted by Crippen LogP contribution is -2.44. The van der Waals surface area contributed by atoms with Crippen molar-refractivity contribution in [2.24, 2.45) is 0 Å². The van der Waals surface area contributed by atoms with Crippen LogP contribution < -0.4 is 14.5 Å². The molecule has 0 atom stereocenters. The van der Waals surface area contributed by atoms with E-state index in [1.807, 2.05) is 12.3 Å². The maximum Gasteiger partial charge on any atom is 0.119 e. The Kier molecular flexibility index (Phi) is 12.0. The minimum absolute atomic E-state index is 0.451. The molecule has 0 spiro atoms. The molecule has 1 aromatic heterocycles. The fourth-order valence-corrected chi connectivity index (χ4v) is 5.52. The van der Waals surface area contributed by atoms with Crippen molar-refractivity contribution in [3.8, 4) is 5.75 Å². The van der Waals surface area contributed by atoms with Gasteiger partial charge in [0.25, 0.3) is 0 Å². The van der Waals surface area contributed by atoms with Gasteiger partial charge in [-0.25, -0.2) is 0 Å². The normalized spacial score (nSPS) is 16.4. The van der Waals surface area contributed by atoms with Crippen molar-refractivity contribution in [1.82, 2.24) is 14.8 Å². The molecule has 9 heteroatoms. The van der Waals surface area contributed by atoms with Crippen LogP contribution in [-0.2, 0) is 33.9 Å². The Morgan fingerprint density at radius 3 is 2.35 bits per heavy atom. The van der Waals surface area contributed by atoms with Crippen LogP contribution in [0.15, 0.2) is 66.9 Å².